The van der Waals surface area contributed by atoms with Gasteiger partial charge in [0.1, 0.15) is 11.5 Å². The number of rotatable bonds is 5. The van der Waals surface area contributed by atoms with Crippen LogP contribution in [0.3, 0.4) is 0 Å². The van der Waals surface area contributed by atoms with E-state index in [0.717, 1.165) is 11.1 Å². The van der Waals surface area contributed by atoms with Crippen LogP contribution < -0.4 is 24.8 Å². The molecule has 0 aliphatic carbocycles. The number of hydrogen-bond acceptors (Lipinski definition) is 6. The molecule has 7 heteroatoms. The highest BCUT2D eigenvalue weighted by Gasteiger charge is 2.25. The Bertz CT molecular complexity index is 1040. The van der Waals surface area contributed by atoms with Gasteiger partial charge in [0.05, 0.1) is 19.8 Å². The van der Waals surface area contributed by atoms with Crippen molar-refractivity contribution in [2.45, 2.75) is 13.2 Å². The summed E-state index contributed by atoms with van der Waals surface area (Å²) in [5.41, 5.74) is 2.97. The van der Waals surface area contributed by atoms with Crippen molar-refractivity contribution in [2.24, 2.45) is 0 Å². The van der Waals surface area contributed by atoms with E-state index in [0.29, 0.717) is 34.3 Å². The monoisotopic (exact) mass is 391 g/mol. The zero-order valence-electron chi connectivity index (χ0n) is 16.4. The SMILES string of the molecule is COc1ccc(C(=O)Nc2cc(C)cc(C3Nc4ncccc4O3)c2)c(OC)c1. The summed E-state index contributed by atoms with van der Waals surface area (Å²) >= 11 is 0. The van der Waals surface area contributed by atoms with Crippen molar-refractivity contribution in [3.05, 3.63) is 71.4 Å². The molecule has 4 rings (SSSR count). The molecule has 3 aromatic rings. The smallest absolute Gasteiger partial charge is 0.259 e. The molecule has 0 radical (unpaired) electrons. The summed E-state index contributed by atoms with van der Waals surface area (Å²) in [6.45, 7) is 1.97. The fraction of sp³-hybridized carbons (Fsp3) is 0.182. The van der Waals surface area contributed by atoms with Crippen molar-refractivity contribution in [1.82, 2.24) is 4.98 Å². The molecule has 148 valence electrons. The van der Waals surface area contributed by atoms with Gasteiger partial charge >= 0.3 is 0 Å². The number of benzene rings is 2. The lowest BCUT2D eigenvalue weighted by Gasteiger charge is -2.15. The molecule has 2 N–H and O–H groups in total. The van der Waals surface area contributed by atoms with Gasteiger partial charge in [-0.3, -0.25) is 4.79 Å². The Morgan fingerprint density at radius 2 is 2.00 bits per heavy atom. The summed E-state index contributed by atoms with van der Waals surface area (Å²) in [5.74, 6) is 2.19. The molecule has 0 spiro atoms. The van der Waals surface area contributed by atoms with Gasteiger partial charge in [0, 0.05) is 23.5 Å². The largest absolute Gasteiger partial charge is 0.497 e. The Kier molecular flexibility index (Phi) is 4.95. The van der Waals surface area contributed by atoms with Crippen LogP contribution in [0.5, 0.6) is 17.2 Å². The van der Waals surface area contributed by atoms with Gasteiger partial charge in [-0.2, -0.15) is 0 Å². The summed E-state index contributed by atoms with van der Waals surface area (Å²) < 4.78 is 16.5. The molecule has 1 atom stereocenters. The van der Waals surface area contributed by atoms with E-state index in [9.17, 15) is 4.79 Å². The van der Waals surface area contributed by atoms with Gasteiger partial charge in [-0.05, 0) is 48.9 Å². The van der Waals surface area contributed by atoms with Crippen LogP contribution in [-0.4, -0.2) is 25.1 Å². The number of ether oxygens (including phenoxy) is 3. The molecule has 1 aromatic heterocycles. The van der Waals surface area contributed by atoms with Gasteiger partial charge in [-0.1, -0.05) is 6.07 Å². The van der Waals surface area contributed by atoms with Crippen molar-refractivity contribution in [2.75, 3.05) is 24.9 Å². The molecule has 1 unspecified atom stereocenters. The topological polar surface area (TPSA) is 81.7 Å². The van der Waals surface area contributed by atoms with Crippen LogP contribution in [0, 0.1) is 6.92 Å². The number of anilines is 2. The standard InChI is InChI=1S/C22H21N3O4/c1-13-9-14(22-25-20-18(29-22)5-4-8-23-20)11-15(10-13)24-21(26)17-7-6-16(27-2)12-19(17)28-3/h4-12,22H,1-3H3,(H,23,25)(H,24,26). The van der Waals surface area contributed by atoms with Gasteiger partial charge in [-0.15, -0.1) is 0 Å². The Morgan fingerprint density at radius 1 is 1.14 bits per heavy atom. The fourth-order valence-corrected chi connectivity index (χ4v) is 3.25. The number of methoxy groups -OCH3 is 2. The number of carbonyl (C=O) groups excluding carboxylic acids is 1. The number of nitrogens with one attached hydrogen (secondary N) is 2. The van der Waals surface area contributed by atoms with Crippen molar-refractivity contribution >= 4 is 17.4 Å². The maximum atomic E-state index is 12.8. The minimum Gasteiger partial charge on any atom is -0.497 e. The molecule has 7 nitrogen and oxygen atoms in total. The van der Waals surface area contributed by atoms with Crippen molar-refractivity contribution in [3.63, 3.8) is 0 Å². The highest BCUT2D eigenvalue weighted by atomic mass is 16.5. The Hall–Kier alpha value is -3.74. The maximum Gasteiger partial charge on any atom is 0.259 e. The third-order valence-electron chi connectivity index (χ3n) is 4.60. The molecule has 1 aliphatic rings. The molecule has 0 bridgehead atoms. The van der Waals surface area contributed by atoms with Gasteiger partial charge < -0.3 is 24.8 Å². The molecule has 2 heterocycles. The summed E-state index contributed by atoms with van der Waals surface area (Å²) in [5, 5.41) is 6.18. The quantitative estimate of drug-likeness (QED) is 0.680. The molecule has 0 saturated heterocycles. The van der Waals surface area contributed by atoms with Gasteiger partial charge in [0.2, 0.25) is 0 Å². The second kappa shape index (κ2) is 7.71. The first-order valence-electron chi connectivity index (χ1n) is 9.10. The van der Waals surface area contributed by atoms with Crippen LogP contribution in [0.15, 0.2) is 54.7 Å². The minimum absolute atomic E-state index is 0.272. The van der Waals surface area contributed by atoms with Gasteiger partial charge in [-0.25, -0.2) is 4.98 Å². The van der Waals surface area contributed by atoms with Crippen LogP contribution in [0.2, 0.25) is 0 Å². The number of aromatic nitrogens is 1. The first kappa shape index (κ1) is 18.6. The summed E-state index contributed by atoms with van der Waals surface area (Å²) in [4.78, 5) is 17.1. The van der Waals surface area contributed by atoms with E-state index in [1.165, 1.54) is 7.11 Å². The Morgan fingerprint density at radius 3 is 2.76 bits per heavy atom. The van der Waals surface area contributed by atoms with E-state index in [-0.39, 0.29) is 12.1 Å². The summed E-state index contributed by atoms with van der Waals surface area (Å²) in [7, 11) is 3.08. The molecular weight excluding hydrogens is 370 g/mol. The highest BCUT2D eigenvalue weighted by molar-refractivity contribution is 6.06. The first-order chi connectivity index (χ1) is 14.1. The average Bonchev–Trinajstić information content (AvgIpc) is 3.17. The van der Waals surface area contributed by atoms with E-state index < -0.39 is 0 Å². The Labute approximate surface area is 168 Å². The number of aryl methyl sites for hydroxylation is 1. The van der Waals surface area contributed by atoms with E-state index in [1.807, 2.05) is 37.3 Å². The Balaban J connectivity index is 1.57. The summed E-state index contributed by atoms with van der Waals surface area (Å²) in [6.07, 6.45) is 1.34. The van der Waals surface area contributed by atoms with Crippen LogP contribution in [0.25, 0.3) is 0 Å². The van der Waals surface area contributed by atoms with Crippen LogP contribution in [-0.2, 0) is 0 Å². The lowest BCUT2D eigenvalue weighted by molar-refractivity contribution is 0.102. The molecule has 1 aliphatic heterocycles. The first-order valence-corrected chi connectivity index (χ1v) is 9.10. The van der Waals surface area contributed by atoms with Crippen molar-refractivity contribution < 1.29 is 19.0 Å². The third-order valence-corrected chi connectivity index (χ3v) is 4.60. The normalized spacial score (nSPS) is 14.4. The van der Waals surface area contributed by atoms with E-state index in [4.69, 9.17) is 14.2 Å². The zero-order chi connectivity index (χ0) is 20.4. The van der Waals surface area contributed by atoms with Crippen molar-refractivity contribution in [1.29, 1.82) is 0 Å². The second-order valence-electron chi connectivity index (χ2n) is 6.65. The van der Waals surface area contributed by atoms with Crippen LogP contribution >= 0.6 is 0 Å². The van der Waals surface area contributed by atoms with E-state index >= 15 is 0 Å². The van der Waals surface area contributed by atoms with E-state index in [2.05, 4.69) is 15.6 Å². The molecule has 1 amide bonds. The fourth-order valence-electron chi connectivity index (χ4n) is 3.25. The predicted molar refractivity (Wildman–Crippen MR) is 110 cm³/mol. The highest BCUT2D eigenvalue weighted by Crippen LogP contribution is 2.36. The molecule has 2 aromatic carbocycles. The minimum atomic E-state index is -0.369. The number of hydrogen-bond donors (Lipinski definition) is 2. The summed E-state index contributed by atoms with van der Waals surface area (Å²) in [6, 6.07) is 14.6. The van der Waals surface area contributed by atoms with E-state index in [1.54, 1.807) is 31.5 Å². The van der Waals surface area contributed by atoms with Gasteiger partial charge in [0.25, 0.3) is 5.91 Å². The third kappa shape index (κ3) is 3.80. The number of nitrogens with zero attached hydrogens (tertiary/aromatic N) is 1. The van der Waals surface area contributed by atoms with Gasteiger partial charge in [0.15, 0.2) is 17.8 Å². The molecular formula is C22H21N3O4. The van der Waals surface area contributed by atoms with Crippen molar-refractivity contribution in [3.8, 4) is 17.2 Å². The number of pyridine rings is 1. The van der Waals surface area contributed by atoms with Crippen LogP contribution in [0.4, 0.5) is 11.5 Å². The number of carbonyl (C=O) groups is 1. The molecule has 0 fully saturated rings. The lowest BCUT2D eigenvalue weighted by atomic mass is 10.1. The average molecular weight is 391 g/mol. The number of fused-ring (bicyclic) bond motifs is 1. The molecule has 29 heavy (non-hydrogen) atoms. The second-order valence-corrected chi connectivity index (χ2v) is 6.65. The maximum absolute atomic E-state index is 12.8. The number of amides is 1. The molecule has 0 saturated carbocycles. The zero-order valence-corrected chi connectivity index (χ0v) is 16.4. The van der Waals surface area contributed by atoms with Crippen LogP contribution in [0.1, 0.15) is 27.7 Å². The predicted octanol–water partition coefficient (Wildman–Crippen LogP) is 4.16. The lowest BCUT2D eigenvalue weighted by Crippen LogP contribution is -2.15.